The van der Waals surface area contributed by atoms with Crippen molar-refractivity contribution in [1.82, 2.24) is 9.97 Å². The number of aryl methyl sites for hydroxylation is 1. The fourth-order valence-corrected chi connectivity index (χ4v) is 2.88. The Balaban J connectivity index is 2.04. The van der Waals surface area contributed by atoms with E-state index in [1.165, 1.54) is 4.88 Å². The van der Waals surface area contributed by atoms with Gasteiger partial charge < -0.3 is 10.1 Å². The van der Waals surface area contributed by atoms with Crippen LogP contribution < -0.4 is 10.1 Å². The van der Waals surface area contributed by atoms with Crippen molar-refractivity contribution in [1.29, 1.82) is 0 Å². The van der Waals surface area contributed by atoms with Crippen LogP contribution >= 0.6 is 27.3 Å². The van der Waals surface area contributed by atoms with Gasteiger partial charge in [-0.05, 0) is 41.9 Å². The van der Waals surface area contributed by atoms with Crippen molar-refractivity contribution in [3.63, 3.8) is 0 Å². The highest BCUT2D eigenvalue weighted by atomic mass is 79.9. The van der Waals surface area contributed by atoms with Gasteiger partial charge in [0.1, 0.15) is 0 Å². The normalized spacial score (nSPS) is 10.4. The number of ether oxygens (including phenoxy) is 1. The summed E-state index contributed by atoms with van der Waals surface area (Å²) >= 11 is 5.13. The molecule has 6 heteroatoms. The molecule has 0 atom stereocenters. The molecule has 4 nitrogen and oxygen atoms in total. The van der Waals surface area contributed by atoms with Gasteiger partial charge in [-0.15, -0.1) is 11.3 Å². The molecule has 0 radical (unpaired) electrons. The number of halogens is 1. The molecule has 0 unspecified atom stereocenters. The second-order valence-electron chi connectivity index (χ2n) is 3.66. The Labute approximate surface area is 119 Å². The second kappa shape index (κ2) is 6.15. The van der Waals surface area contributed by atoms with Crippen LogP contribution in [0.4, 0.5) is 5.95 Å². The largest absolute Gasteiger partial charge is 0.478 e. The van der Waals surface area contributed by atoms with Crippen molar-refractivity contribution < 1.29 is 4.74 Å². The van der Waals surface area contributed by atoms with E-state index in [2.05, 4.69) is 37.3 Å². The highest BCUT2D eigenvalue weighted by molar-refractivity contribution is 9.11. The molecule has 0 fully saturated rings. The lowest BCUT2D eigenvalue weighted by molar-refractivity contribution is 0.326. The van der Waals surface area contributed by atoms with Gasteiger partial charge in [0.05, 0.1) is 16.9 Å². The molecule has 18 heavy (non-hydrogen) atoms. The molecule has 0 aromatic carbocycles. The SMILES string of the molecule is CCOc1cc(C)nc(NCc2ccc(Br)s2)n1. The molecule has 2 rings (SSSR count). The first-order chi connectivity index (χ1) is 8.67. The van der Waals surface area contributed by atoms with E-state index in [9.17, 15) is 0 Å². The van der Waals surface area contributed by atoms with Crippen molar-refractivity contribution in [2.75, 3.05) is 11.9 Å². The minimum Gasteiger partial charge on any atom is -0.478 e. The lowest BCUT2D eigenvalue weighted by atomic mass is 10.4. The first-order valence-electron chi connectivity index (χ1n) is 5.64. The molecule has 0 bridgehead atoms. The van der Waals surface area contributed by atoms with E-state index in [0.717, 1.165) is 9.48 Å². The lowest BCUT2D eigenvalue weighted by Gasteiger charge is -2.07. The molecule has 0 saturated heterocycles. The molecule has 2 aromatic rings. The van der Waals surface area contributed by atoms with E-state index in [0.29, 0.717) is 25.0 Å². The van der Waals surface area contributed by atoms with Gasteiger partial charge in [-0.2, -0.15) is 4.98 Å². The third-order valence-corrected chi connectivity index (χ3v) is 3.80. The van der Waals surface area contributed by atoms with Gasteiger partial charge in [-0.1, -0.05) is 0 Å². The fraction of sp³-hybridized carbons (Fsp3) is 0.333. The quantitative estimate of drug-likeness (QED) is 0.911. The van der Waals surface area contributed by atoms with Gasteiger partial charge in [-0.25, -0.2) is 4.98 Å². The predicted molar refractivity (Wildman–Crippen MR) is 77.3 cm³/mol. The highest BCUT2D eigenvalue weighted by Gasteiger charge is 2.03. The molecule has 1 N–H and O–H groups in total. The number of hydrogen-bond donors (Lipinski definition) is 1. The van der Waals surface area contributed by atoms with E-state index in [4.69, 9.17) is 4.74 Å². The van der Waals surface area contributed by atoms with Crippen molar-refractivity contribution >= 4 is 33.2 Å². The van der Waals surface area contributed by atoms with Crippen molar-refractivity contribution in [3.05, 3.63) is 32.6 Å². The average molecular weight is 328 g/mol. The van der Waals surface area contributed by atoms with Crippen LogP contribution in [0.3, 0.4) is 0 Å². The summed E-state index contributed by atoms with van der Waals surface area (Å²) in [4.78, 5) is 9.85. The summed E-state index contributed by atoms with van der Waals surface area (Å²) in [6, 6.07) is 5.93. The first-order valence-corrected chi connectivity index (χ1v) is 7.25. The molecule has 0 saturated carbocycles. The maximum Gasteiger partial charge on any atom is 0.226 e. The number of anilines is 1. The Kier molecular flexibility index (Phi) is 4.54. The molecule has 0 spiro atoms. The number of aromatic nitrogens is 2. The molecule has 96 valence electrons. The van der Waals surface area contributed by atoms with Crippen LogP contribution in [0.1, 0.15) is 17.5 Å². The zero-order valence-electron chi connectivity index (χ0n) is 10.2. The van der Waals surface area contributed by atoms with E-state index in [-0.39, 0.29) is 0 Å². The van der Waals surface area contributed by atoms with Gasteiger partial charge in [0.2, 0.25) is 11.8 Å². The summed E-state index contributed by atoms with van der Waals surface area (Å²) in [5, 5.41) is 3.20. The standard InChI is InChI=1S/C12H14BrN3OS/c1-3-17-11-6-8(2)15-12(16-11)14-7-9-4-5-10(13)18-9/h4-6H,3,7H2,1-2H3,(H,14,15,16). The van der Waals surface area contributed by atoms with E-state index >= 15 is 0 Å². The number of nitrogens with one attached hydrogen (secondary N) is 1. The predicted octanol–water partition coefficient (Wildman–Crippen LogP) is 3.62. The van der Waals surface area contributed by atoms with E-state index in [1.54, 1.807) is 11.3 Å². The number of nitrogens with zero attached hydrogens (tertiary/aromatic N) is 2. The summed E-state index contributed by atoms with van der Waals surface area (Å²) in [6.07, 6.45) is 0. The zero-order chi connectivity index (χ0) is 13.0. The monoisotopic (exact) mass is 327 g/mol. The number of thiophene rings is 1. The molecule has 0 aliphatic heterocycles. The van der Waals surface area contributed by atoms with Crippen LogP contribution in [0.15, 0.2) is 22.0 Å². The van der Waals surface area contributed by atoms with Crippen molar-refractivity contribution in [2.45, 2.75) is 20.4 Å². The summed E-state index contributed by atoms with van der Waals surface area (Å²) in [5.41, 5.74) is 0.892. The average Bonchev–Trinajstić information content (AvgIpc) is 2.72. The molecule has 0 aliphatic carbocycles. The van der Waals surface area contributed by atoms with Gasteiger partial charge in [0.25, 0.3) is 0 Å². The van der Waals surface area contributed by atoms with Crippen molar-refractivity contribution in [2.24, 2.45) is 0 Å². The van der Waals surface area contributed by atoms with Gasteiger partial charge in [-0.3, -0.25) is 0 Å². The van der Waals surface area contributed by atoms with Crippen LogP contribution in [-0.2, 0) is 6.54 Å². The Hall–Kier alpha value is -1.14. The van der Waals surface area contributed by atoms with E-state index in [1.807, 2.05) is 26.0 Å². The highest BCUT2D eigenvalue weighted by Crippen LogP contribution is 2.22. The Bertz CT molecular complexity index is 530. The van der Waals surface area contributed by atoms with Crippen LogP contribution in [-0.4, -0.2) is 16.6 Å². The van der Waals surface area contributed by atoms with Gasteiger partial charge in [0.15, 0.2) is 0 Å². The second-order valence-corrected chi connectivity index (χ2v) is 6.21. The molecule has 0 aliphatic rings. The Morgan fingerprint density at radius 1 is 1.39 bits per heavy atom. The maximum atomic E-state index is 5.39. The summed E-state index contributed by atoms with van der Waals surface area (Å²) < 4.78 is 6.51. The maximum absolute atomic E-state index is 5.39. The number of rotatable bonds is 5. The van der Waals surface area contributed by atoms with Crippen LogP contribution in [0.2, 0.25) is 0 Å². The summed E-state index contributed by atoms with van der Waals surface area (Å²) in [7, 11) is 0. The smallest absolute Gasteiger partial charge is 0.226 e. The molecule has 0 amide bonds. The van der Waals surface area contributed by atoms with Crippen LogP contribution in [0.25, 0.3) is 0 Å². The molecule has 2 aromatic heterocycles. The lowest BCUT2D eigenvalue weighted by Crippen LogP contribution is -2.05. The summed E-state index contributed by atoms with van der Waals surface area (Å²) in [5.74, 6) is 1.21. The van der Waals surface area contributed by atoms with Gasteiger partial charge in [0, 0.05) is 16.6 Å². The minimum absolute atomic E-state index is 0.600. The third-order valence-electron chi connectivity index (χ3n) is 2.17. The van der Waals surface area contributed by atoms with Gasteiger partial charge >= 0.3 is 0 Å². The first kappa shape index (κ1) is 13.3. The molecular weight excluding hydrogens is 314 g/mol. The number of hydrogen-bond acceptors (Lipinski definition) is 5. The summed E-state index contributed by atoms with van der Waals surface area (Å²) in [6.45, 7) is 5.18. The third kappa shape index (κ3) is 3.68. The van der Waals surface area contributed by atoms with Crippen molar-refractivity contribution in [3.8, 4) is 5.88 Å². The van der Waals surface area contributed by atoms with Crippen LogP contribution in [0.5, 0.6) is 5.88 Å². The molecule has 2 heterocycles. The van der Waals surface area contributed by atoms with Crippen LogP contribution in [0, 0.1) is 6.92 Å². The topological polar surface area (TPSA) is 47.0 Å². The zero-order valence-corrected chi connectivity index (χ0v) is 12.6. The molecular formula is C12H14BrN3OS. The Morgan fingerprint density at radius 3 is 2.89 bits per heavy atom. The minimum atomic E-state index is 0.600. The fourth-order valence-electron chi connectivity index (χ4n) is 1.45. The van der Waals surface area contributed by atoms with E-state index < -0.39 is 0 Å². The Morgan fingerprint density at radius 2 is 2.22 bits per heavy atom.